The highest BCUT2D eigenvalue weighted by molar-refractivity contribution is 5.93. The molecule has 1 aromatic heterocycles. The monoisotopic (exact) mass is 440 g/mol. The van der Waals surface area contributed by atoms with E-state index in [0.29, 0.717) is 16.6 Å². The average molecular weight is 440 g/mol. The van der Waals surface area contributed by atoms with Gasteiger partial charge in [0.2, 0.25) is 0 Å². The van der Waals surface area contributed by atoms with Gasteiger partial charge in [-0.1, -0.05) is 12.1 Å². The Morgan fingerprint density at radius 1 is 1.06 bits per heavy atom. The van der Waals surface area contributed by atoms with Crippen molar-refractivity contribution in [1.29, 1.82) is 0 Å². The summed E-state index contributed by atoms with van der Waals surface area (Å²) >= 11 is 0. The van der Waals surface area contributed by atoms with Crippen LogP contribution in [0.4, 0.5) is 10.5 Å². The lowest BCUT2D eigenvalue weighted by molar-refractivity contribution is -0.119. The quantitative estimate of drug-likeness (QED) is 0.401. The van der Waals surface area contributed by atoms with Crippen molar-refractivity contribution in [3.63, 3.8) is 0 Å². The molecule has 0 aliphatic rings. The minimum atomic E-state index is -0.716. The summed E-state index contributed by atoms with van der Waals surface area (Å²) in [6.45, 7) is 1.27. The number of amides is 2. The number of rotatable bonds is 8. The Kier molecular flexibility index (Phi) is 7.06. The van der Waals surface area contributed by atoms with Crippen LogP contribution in [0.1, 0.15) is 22.8 Å². The number of primary amides is 1. The molecule has 2 amide bonds. The van der Waals surface area contributed by atoms with Gasteiger partial charge in [-0.2, -0.15) is 0 Å². The zero-order valence-corrected chi connectivity index (χ0v) is 17.1. The van der Waals surface area contributed by atoms with Crippen LogP contribution in [0.15, 0.2) is 57.7 Å². The first-order chi connectivity index (χ1) is 15.4. The van der Waals surface area contributed by atoms with Crippen LogP contribution < -0.4 is 21.4 Å². The lowest BCUT2D eigenvalue weighted by Gasteiger charge is -2.11. The minimum Gasteiger partial charge on any atom is -0.483 e. The number of carbonyl (C=O) groups is 3. The average Bonchev–Trinajstić information content (AvgIpc) is 2.75. The van der Waals surface area contributed by atoms with E-state index in [0.717, 1.165) is 0 Å². The van der Waals surface area contributed by atoms with Crippen LogP contribution >= 0.6 is 0 Å². The van der Waals surface area contributed by atoms with Crippen LogP contribution in [0, 0.1) is 0 Å². The van der Waals surface area contributed by atoms with Crippen LogP contribution in [0.2, 0.25) is 0 Å². The smallest absolute Gasteiger partial charge is 0.411 e. The second-order valence-corrected chi connectivity index (χ2v) is 6.47. The van der Waals surface area contributed by atoms with Crippen LogP contribution in [0.25, 0.3) is 11.0 Å². The number of anilines is 1. The number of ether oxygens (including phenoxy) is 3. The highest BCUT2D eigenvalue weighted by Gasteiger charge is 2.16. The molecule has 0 saturated carbocycles. The van der Waals surface area contributed by atoms with E-state index in [-0.39, 0.29) is 30.1 Å². The second kappa shape index (κ2) is 10.1. The van der Waals surface area contributed by atoms with E-state index in [9.17, 15) is 19.2 Å². The molecule has 3 aromatic rings. The first-order valence-corrected chi connectivity index (χ1v) is 9.55. The largest absolute Gasteiger partial charge is 0.483 e. The van der Waals surface area contributed by atoms with E-state index in [1.807, 2.05) is 0 Å². The fraction of sp³-hybridized carbons (Fsp3) is 0.182. The van der Waals surface area contributed by atoms with Gasteiger partial charge in [0.25, 0.3) is 5.91 Å². The molecule has 0 aliphatic heterocycles. The molecule has 2 aromatic carbocycles. The SMILES string of the molecule is CCOC(=O)Nc1ccc2c(COC(=O)c3ccccc3OCC(N)=O)cc(=O)oc2c1. The van der Waals surface area contributed by atoms with Crippen molar-refractivity contribution in [1.82, 2.24) is 0 Å². The molecular formula is C22H20N2O8. The Morgan fingerprint density at radius 3 is 2.59 bits per heavy atom. The first kappa shape index (κ1) is 22.3. The Hall–Kier alpha value is -4.34. The lowest BCUT2D eigenvalue weighted by atomic mass is 10.1. The van der Waals surface area contributed by atoms with Gasteiger partial charge >= 0.3 is 17.7 Å². The van der Waals surface area contributed by atoms with Crippen molar-refractivity contribution in [2.75, 3.05) is 18.5 Å². The summed E-state index contributed by atoms with van der Waals surface area (Å²) < 4.78 is 20.6. The maximum Gasteiger partial charge on any atom is 0.411 e. The number of nitrogens with two attached hydrogens (primary N) is 1. The maximum absolute atomic E-state index is 12.6. The van der Waals surface area contributed by atoms with E-state index in [2.05, 4.69) is 5.32 Å². The summed E-state index contributed by atoms with van der Waals surface area (Å²) in [5.74, 6) is -1.26. The van der Waals surface area contributed by atoms with Gasteiger partial charge in [0.05, 0.1) is 6.61 Å². The van der Waals surface area contributed by atoms with Crippen LogP contribution in [0.5, 0.6) is 5.75 Å². The predicted octanol–water partition coefficient (Wildman–Crippen LogP) is 2.58. The van der Waals surface area contributed by atoms with Gasteiger partial charge in [0, 0.05) is 28.8 Å². The van der Waals surface area contributed by atoms with Gasteiger partial charge in [0.15, 0.2) is 6.61 Å². The lowest BCUT2D eigenvalue weighted by Crippen LogP contribution is -2.21. The van der Waals surface area contributed by atoms with Crippen molar-refractivity contribution >= 4 is 34.6 Å². The third-order valence-corrected chi connectivity index (χ3v) is 4.19. The first-order valence-electron chi connectivity index (χ1n) is 9.55. The standard InChI is InChI=1S/C22H20N2O8/c1-2-29-22(28)24-14-7-8-15-13(9-20(26)32-18(15)10-14)11-31-21(27)16-5-3-4-6-17(16)30-12-19(23)25/h3-10H,2,11-12H2,1H3,(H2,23,25)(H,24,28). The molecule has 10 nitrogen and oxygen atoms in total. The molecule has 0 unspecified atom stereocenters. The molecule has 3 N–H and O–H groups in total. The fourth-order valence-corrected chi connectivity index (χ4v) is 2.84. The van der Waals surface area contributed by atoms with E-state index in [1.54, 1.807) is 31.2 Å². The van der Waals surface area contributed by atoms with Crippen LogP contribution in [-0.2, 0) is 20.9 Å². The van der Waals surface area contributed by atoms with E-state index in [4.69, 9.17) is 24.4 Å². The summed E-state index contributed by atoms with van der Waals surface area (Å²) in [5, 5.41) is 3.03. The number of carbonyl (C=O) groups excluding carboxylic acids is 3. The number of nitrogens with one attached hydrogen (secondary N) is 1. The molecule has 1 heterocycles. The summed E-state index contributed by atoms with van der Waals surface area (Å²) in [6, 6.07) is 12.1. The molecule has 10 heteroatoms. The molecule has 3 rings (SSSR count). The molecule has 0 aliphatic carbocycles. The van der Waals surface area contributed by atoms with Gasteiger partial charge in [0.1, 0.15) is 23.5 Å². The number of hydrogen-bond donors (Lipinski definition) is 2. The predicted molar refractivity (Wildman–Crippen MR) is 113 cm³/mol. The number of fused-ring (bicyclic) bond motifs is 1. The van der Waals surface area contributed by atoms with E-state index in [1.165, 1.54) is 24.3 Å². The van der Waals surface area contributed by atoms with Gasteiger partial charge in [-0.25, -0.2) is 14.4 Å². The zero-order chi connectivity index (χ0) is 23.1. The van der Waals surface area contributed by atoms with E-state index >= 15 is 0 Å². The summed E-state index contributed by atoms with van der Waals surface area (Å²) in [6.07, 6.45) is -0.642. The number of para-hydroxylation sites is 1. The van der Waals surface area contributed by atoms with Crippen molar-refractivity contribution < 1.29 is 33.0 Å². The topological polar surface area (TPSA) is 147 Å². The summed E-state index contributed by atoms with van der Waals surface area (Å²) in [7, 11) is 0. The molecule has 0 bridgehead atoms. The van der Waals surface area contributed by atoms with Gasteiger partial charge in [-0.05, 0) is 31.2 Å². The van der Waals surface area contributed by atoms with Crippen molar-refractivity contribution in [3.05, 3.63) is 70.1 Å². The number of benzene rings is 2. The Balaban J connectivity index is 1.79. The molecule has 0 saturated heterocycles. The minimum absolute atomic E-state index is 0.0990. The third-order valence-electron chi connectivity index (χ3n) is 4.19. The third kappa shape index (κ3) is 5.63. The molecule has 166 valence electrons. The van der Waals surface area contributed by atoms with Gasteiger partial charge in [-0.15, -0.1) is 0 Å². The molecule has 32 heavy (non-hydrogen) atoms. The fourth-order valence-electron chi connectivity index (χ4n) is 2.84. The molecule has 0 fully saturated rings. The van der Waals surface area contributed by atoms with Gasteiger partial charge in [-0.3, -0.25) is 10.1 Å². The number of esters is 1. The van der Waals surface area contributed by atoms with Crippen molar-refractivity contribution in [2.45, 2.75) is 13.5 Å². The molecule has 0 radical (unpaired) electrons. The summed E-state index contributed by atoms with van der Waals surface area (Å²) in [5.41, 5.74) is 5.49. The second-order valence-electron chi connectivity index (χ2n) is 6.47. The molecular weight excluding hydrogens is 420 g/mol. The Bertz CT molecular complexity index is 1220. The Labute approximate surface area is 181 Å². The van der Waals surface area contributed by atoms with E-state index < -0.39 is 30.2 Å². The van der Waals surface area contributed by atoms with Crippen LogP contribution in [-0.4, -0.2) is 31.2 Å². The van der Waals surface area contributed by atoms with Gasteiger partial charge < -0.3 is 24.4 Å². The Morgan fingerprint density at radius 2 is 1.84 bits per heavy atom. The van der Waals surface area contributed by atoms with Crippen LogP contribution in [0.3, 0.4) is 0 Å². The molecule has 0 atom stereocenters. The number of hydrogen-bond acceptors (Lipinski definition) is 8. The van der Waals surface area contributed by atoms with Crippen molar-refractivity contribution in [3.8, 4) is 5.75 Å². The normalized spacial score (nSPS) is 10.4. The highest BCUT2D eigenvalue weighted by atomic mass is 16.5. The highest BCUT2D eigenvalue weighted by Crippen LogP contribution is 2.24. The molecule has 0 spiro atoms. The maximum atomic E-state index is 12.6. The van der Waals surface area contributed by atoms with Crippen molar-refractivity contribution in [2.24, 2.45) is 5.73 Å². The zero-order valence-electron chi connectivity index (χ0n) is 17.1. The summed E-state index contributed by atoms with van der Waals surface area (Å²) in [4.78, 5) is 47.1.